The molecular weight excluding hydrogens is 314 g/mol. The van der Waals surface area contributed by atoms with Crippen molar-refractivity contribution in [3.05, 3.63) is 65.7 Å². The summed E-state index contributed by atoms with van der Waals surface area (Å²) < 4.78 is 26.5. The van der Waals surface area contributed by atoms with Gasteiger partial charge in [-0.25, -0.2) is 8.78 Å². The molecule has 0 saturated heterocycles. The first-order chi connectivity index (χ1) is 11.5. The van der Waals surface area contributed by atoms with Gasteiger partial charge in [0.25, 0.3) is 0 Å². The number of rotatable bonds is 4. The van der Waals surface area contributed by atoms with E-state index in [4.69, 9.17) is 0 Å². The zero-order chi connectivity index (χ0) is 17.2. The Morgan fingerprint density at radius 2 is 1.62 bits per heavy atom. The van der Waals surface area contributed by atoms with Crippen molar-refractivity contribution in [3.63, 3.8) is 0 Å². The standard InChI is InChI=1S/C18H16F2N2O2/c19-13-7-5-12(6-8-13)18(9-10-18)11-21-16(23)17(24)22-15-4-2-1-3-14(15)20/h1-8H,9-11H2,(H,21,23)(H,22,24). The van der Waals surface area contributed by atoms with Gasteiger partial charge in [-0.2, -0.15) is 0 Å². The van der Waals surface area contributed by atoms with Crippen molar-refractivity contribution < 1.29 is 18.4 Å². The molecule has 4 nitrogen and oxygen atoms in total. The van der Waals surface area contributed by atoms with E-state index in [0.717, 1.165) is 18.4 Å². The topological polar surface area (TPSA) is 58.2 Å². The Balaban J connectivity index is 1.58. The Labute approximate surface area is 137 Å². The van der Waals surface area contributed by atoms with Crippen molar-refractivity contribution in [2.24, 2.45) is 0 Å². The number of halogens is 2. The van der Waals surface area contributed by atoms with Gasteiger partial charge in [0, 0.05) is 12.0 Å². The minimum absolute atomic E-state index is 0.0441. The second kappa shape index (κ2) is 6.39. The molecule has 0 aromatic heterocycles. The summed E-state index contributed by atoms with van der Waals surface area (Å²) in [5.74, 6) is -2.67. The van der Waals surface area contributed by atoms with Crippen LogP contribution in [0.3, 0.4) is 0 Å². The molecule has 1 aliphatic carbocycles. The summed E-state index contributed by atoms with van der Waals surface area (Å²) >= 11 is 0. The molecule has 2 aromatic rings. The predicted octanol–water partition coefficient (Wildman–Crippen LogP) is 2.75. The molecular formula is C18H16F2N2O2. The van der Waals surface area contributed by atoms with Gasteiger partial charge in [0.15, 0.2) is 0 Å². The van der Waals surface area contributed by atoms with Crippen LogP contribution in [0.25, 0.3) is 0 Å². The molecule has 0 atom stereocenters. The molecule has 0 heterocycles. The second-order valence-electron chi connectivity index (χ2n) is 5.90. The number of hydrogen-bond acceptors (Lipinski definition) is 2. The molecule has 0 unspecified atom stereocenters. The predicted molar refractivity (Wildman–Crippen MR) is 85.4 cm³/mol. The Bertz CT molecular complexity index is 771. The maximum Gasteiger partial charge on any atom is 0.313 e. The van der Waals surface area contributed by atoms with Crippen LogP contribution in [-0.2, 0) is 15.0 Å². The summed E-state index contributed by atoms with van der Waals surface area (Å²) in [6, 6.07) is 11.8. The third kappa shape index (κ3) is 3.42. The van der Waals surface area contributed by atoms with Crippen molar-refractivity contribution in [2.75, 3.05) is 11.9 Å². The number of nitrogens with one attached hydrogen (secondary N) is 2. The summed E-state index contributed by atoms with van der Waals surface area (Å²) in [7, 11) is 0. The largest absolute Gasteiger partial charge is 0.347 e. The van der Waals surface area contributed by atoms with Crippen LogP contribution in [0, 0.1) is 11.6 Å². The van der Waals surface area contributed by atoms with E-state index in [1.807, 2.05) is 0 Å². The SMILES string of the molecule is O=C(NCC1(c2ccc(F)cc2)CC1)C(=O)Nc1ccccc1F. The van der Waals surface area contributed by atoms with E-state index in [1.165, 1.54) is 30.3 Å². The van der Waals surface area contributed by atoms with Crippen LogP contribution in [0.2, 0.25) is 0 Å². The van der Waals surface area contributed by atoms with Crippen molar-refractivity contribution in [1.82, 2.24) is 5.32 Å². The molecule has 2 amide bonds. The highest BCUT2D eigenvalue weighted by atomic mass is 19.1. The molecule has 1 saturated carbocycles. The number of carbonyl (C=O) groups excluding carboxylic acids is 2. The third-order valence-corrected chi connectivity index (χ3v) is 4.23. The lowest BCUT2D eigenvalue weighted by Gasteiger charge is -2.16. The molecule has 24 heavy (non-hydrogen) atoms. The molecule has 6 heteroatoms. The van der Waals surface area contributed by atoms with Crippen LogP contribution in [0.15, 0.2) is 48.5 Å². The minimum Gasteiger partial charge on any atom is -0.347 e. The molecule has 0 radical (unpaired) electrons. The van der Waals surface area contributed by atoms with E-state index < -0.39 is 17.6 Å². The van der Waals surface area contributed by atoms with Crippen LogP contribution in [0.1, 0.15) is 18.4 Å². The summed E-state index contributed by atoms with van der Waals surface area (Å²) in [6.07, 6.45) is 1.71. The minimum atomic E-state index is -0.921. The van der Waals surface area contributed by atoms with Crippen LogP contribution in [0.5, 0.6) is 0 Å². The maximum atomic E-state index is 13.5. The number of hydrogen-bond donors (Lipinski definition) is 2. The highest BCUT2D eigenvalue weighted by molar-refractivity contribution is 6.39. The van der Waals surface area contributed by atoms with Crippen molar-refractivity contribution >= 4 is 17.5 Å². The number of para-hydroxylation sites is 1. The van der Waals surface area contributed by atoms with E-state index in [2.05, 4.69) is 10.6 Å². The second-order valence-corrected chi connectivity index (χ2v) is 5.90. The van der Waals surface area contributed by atoms with Gasteiger partial charge >= 0.3 is 11.8 Å². The lowest BCUT2D eigenvalue weighted by molar-refractivity contribution is -0.136. The van der Waals surface area contributed by atoms with Crippen molar-refractivity contribution in [3.8, 4) is 0 Å². The highest BCUT2D eigenvalue weighted by Gasteiger charge is 2.44. The Morgan fingerprint density at radius 1 is 0.958 bits per heavy atom. The van der Waals surface area contributed by atoms with E-state index in [1.54, 1.807) is 18.2 Å². The van der Waals surface area contributed by atoms with E-state index in [9.17, 15) is 18.4 Å². The quantitative estimate of drug-likeness (QED) is 0.847. The molecule has 1 fully saturated rings. The van der Waals surface area contributed by atoms with Crippen molar-refractivity contribution in [1.29, 1.82) is 0 Å². The fourth-order valence-electron chi connectivity index (χ4n) is 2.59. The maximum absolute atomic E-state index is 13.5. The summed E-state index contributed by atoms with van der Waals surface area (Å²) in [4.78, 5) is 23.8. The van der Waals surface area contributed by atoms with Crippen LogP contribution < -0.4 is 10.6 Å². The molecule has 0 bridgehead atoms. The number of anilines is 1. The van der Waals surface area contributed by atoms with Gasteiger partial charge in [0.2, 0.25) is 0 Å². The average molecular weight is 330 g/mol. The lowest BCUT2D eigenvalue weighted by atomic mass is 9.96. The van der Waals surface area contributed by atoms with Gasteiger partial charge in [0.05, 0.1) is 5.69 Å². The zero-order valence-corrected chi connectivity index (χ0v) is 12.8. The van der Waals surface area contributed by atoms with Gasteiger partial charge in [0.1, 0.15) is 11.6 Å². The molecule has 2 aromatic carbocycles. The molecule has 0 spiro atoms. The molecule has 0 aliphatic heterocycles. The molecule has 3 rings (SSSR count). The van der Waals surface area contributed by atoms with E-state index >= 15 is 0 Å². The monoisotopic (exact) mass is 330 g/mol. The fourth-order valence-corrected chi connectivity index (χ4v) is 2.59. The van der Waals surface area contributed by atoms with Gasteiger partial charge in [-0.3, -0.25) is 9.59 Å². The van der Waals surface area contributed by atoms with E-state index in [-0.39, 0.29) is 23.5 Å². The van der Waals surface area contributed by atoms with Crippen molar-refractivity contribution in [2.45, 2.75) is 18.3 Å². The number of carbonyl (C=O) groups is 2. The molecule has 2 N–H and O–H groups in total. The third-order valence-electron chi connectivity index (χ3n) is 4.23. The summed E-state index contributed by atoms with van der Waals surface area (Å²) in [6.45, 7) is 0.280. The van der Waals surface area contributed by atoms with E-state index in [0.29, 0.717) is 0 Å². The smallest absolute Gasteiger partial charge is 0.313 e. The number of amides is 2. The fraction of sp³-hybridized carbons (Fsp3) is 0.222. The van der Waals surface area contributed by atoms with Gasteiger partial charge in [-0.1, -0.05) is 24.3 Å². The Morgan fingerprint density at radius 3 is 2.25 bits per heavy atom. The van der Waals surface area contributed by atoms with Gasteiger partial charge in [-0.15, -0.1) is 0 Å². The Kier molecular flexibility index (Phi) is 4.29. The lowest BCUT2D eigenvalue weighted by Crippen LogP contribution is -2.39. The zero-order valence-electron chi connectivity index (χ0n) is 12.8. The normalized spacial score (nSPS) is 14.8. The first-order valence-corrected chi connectivity index (χ1v) is 7.60. The summed E-state index contributed by atoms with van der Waals surface area (Å²) in [5, 5.41) is 4.81. The van der Waals surface area contributed by atoms with Gasteiger partial charge < -0.3 is 10.6 Å². The first kappa shape index (κ1) is 16.1. The van der Waals surface area contributed by atoms with Gasteiger partial charge in [-0.05, 0) is 42.7 Å². The average Bonchev–Trinajstić information content (AvgIpc) is 3.36. The first-order valence-electron chi connectivity index (χ1n) is 7.60. The van der Waals surface area contributed by atoms with Crippen LogP contribution in [-0.4, -0.2) is 18.4 Å². The summed E-state index contributed by atoms with van der Waals surface area (Å²) in [5.41, 5.74) is 0.637. The molecule has 124 valence electrons. The van der Waals surface area contributed by atoms with Crippen LogP contribution in [0.4, 0.5) is 14.5 Å². The Hall–Kier alpha value is -2.76. The highest BCUT2D eigenvalue weighted by Crippen LogP contribution is 2.47. The molecule has 1 aliphatic rings. The number of benzene rings is 2. The van der Waals surface area contributed by atoms with Crippen LogP contribution >= 0.6 is 0 Å².